The summed E-state index contributed by atoms with van der Waals surface area (Å²) in [4.78, 5) is 0. The summed E-state index contributed by atoms with van der Waals surface area (Å²) in [5, 5.41) is 0. The molecular formula is C9H14. The van der Waals surface area contributed by atoms with E-state index in [0.717, 1.165) is 11.8 Å². The fourth-order valence-electron chi connectivity index (χ4n) is 3.76. The van der Waals surface area contributed by atoms with Gasteiger partial charge < -0.3 is 0 Å². The van der Waals surface area contributed by atoms with Crippen LogP contribution in [0.15, 0.2) is 0 Å². The first-order valence-electron chi connectivity index (χ1n) is 4.30. The Hall–Kier alpha value is 0. The van der Waals surface area contributed by atoms with Gasteiger partial charge in [-0.05, 0) is 41.9 Å². The van der Waals surface area contributed by atoms with Crippen molar-refractivity contribution in [3.8, 4) is 0 Å². The molecule has 0 amide bonds. The molecule has 0 aromatic carbocycles. The lowest BCUT2D eigenvalue weighted by Gasteiger charge is -2.38. The van der Waals surface area contributed by atoms with Gasteiger partial charge in [-0.15, -0.1) is 0 Å². The van der Waals surface area contributed by atoms with Gasteiger partial charge in [0.15, 0.2) is 0 Å². The summed E-state index contributed by atoms with van der Waals surface area (Å²) < 4.78 is 0. The first-order valence-corrected chi connectivity index (χ1v) is 4.30. The molecule has 0 aliphatic heterocycles. The van der Waals surface area contributed by atoms with Gasteiger partial charge in [0.25, 0.3) is 0 Å². The van der Waals surface area contributed by atoms with Crippen LogP contribution in [0.25, 0.3) is 0 Å². The van der Waals surface area contributed by atoms with Crippen molar-refractivity contribution in [1.29, 1.82) is 0 Å². The fourth-order valence-corrected chi connectivity index (χ4v) is 3.76. The monoisotopic (exact) mass is 122 g/mol. The van der Waals surface area contributed by atoms with Gasteiger partial charge in [0.05, 0.1) is 0 Å². The van der Waals surface area contributed by atoms with Gasteiger partial charge in [-0.1, -0.05) is 13.8 Å². The highest BCUT2D eigenvalue weighted by Crippen LogP contribution is 2.75. The van der Waals surface area contributed by atoms with Gasteiger partial charge in [0.2, 0.25) is 0 Å². The predicted octanol–water partition coefficient (Wildman–Crippen LogP) is 2.15. The first kappa shape index (κ1) is 4.76. The third kappa shape index (κ3) is 0.320. The zero-order valence-electron chi connectivity index (χ0n) is 6.17. The highest BCUT2D eigenvalue weighted by atomic mass is 14.7. The Labute approximate surface area is 56.6 Å². The van der Waals surface area contributed by atoms with Crippen LogP contribution < -0.4 is 0 Å². The van der Waals surface area contributed by atoms with E-state index in [0.29, 0.717) is 0 Å². The maximum absolute atomic E-state index is 2.46. The van der Waals surface area contributed by atoms with Gasteiger partial charge in [0, 0.05) is 0 Å². The lowest BCUT2D eigenvalue weighted by atomic mass is 9.67. The van der Waals surface area contributed by atoms with Crippen molar-refractivity contribution in [2.45, 2.75) is 20.3 Å². The van der Waals surface area contributed by atoms with E-state index < -0.39 is 0 Å². The summed E-state index contributed by atoms with van der Waals surface area (Å²) in [6.45, 7) is 4.90. The Morgan fingerprint density at radius 1 is 0.889 bits per heavy atom. The van der Waals surface area contributed by atoms with Crippen molar-refractivity contribution >= 4 is 0 Å². The van der Waals surface area contributed by atoms with Gasteiger partial charge in [0.1, 0.15) is 0 Å². The molecule has 0 heterocycles. The summed E-state index contributed by atoms with van der Waals surface area (Å²) in [5.41, 5.74) is 0. The van der Waals surface area contributed by atoms with Crippen LogP contribution in [0.1, 0.15) is 20.3 Å². The minimum absolute atomic E-state index is 1.12. The molecule has 0 spiro atoms. The molecule has 0 aromatic rings. The van der Waals surface area contributed by atoms with Crippen LogP contribution in [-0.4, -0.2) is 0 Å². The second-order valence-electron chi connectivity index (χ2n) is 4.44. The van der Waals surface area contributed by atoms with E-state index in [1.165, 1.54) is 23.7 Å². The van der Waals surface area contributed by atoms with E-state index in [2.05, 4.69) is 13.8 Å². The molecule has 4 atom stereocenters. The molecule has 2 bridgehead atoms. The third-order valence-electron chi connectivity index (χ3n) is 4.40. The molecular weight excluding hydrogens is 108 g/mol. The van der Waals surface area contributed by atoms with Crippen LogP contribution >= 0.6 is 0 Å². The van der Waals surface area contributed by atoms with Crippen LogP contribution in [0.2, 0.25) is 0 Å². The van der Waals surface area contributed by atoms with Crippen LogP contribution in [0.5, 0.6) is 0 Å². The topological polar surface area (TPSA) is 0 Å². The second-order valence-corrected chi connectivity index (χ2v) is 4.44. The highest BCUT2D eigenvalue weighted by molar-refractivity contribution is 5.17. The molecule has 9 heavy (non-hydrogen) atoms. The van der Waals surface area contributed by atoms with Crippen LogP contribution in [0.4, 0.5) is 0 Å². The maximum atomic E-state index is 2.46. The normalized spacial score (nSPS) is 75.3. The van der Waals surface area contributed by atoms with Gasteiger partial charge in [-0.3, -0.25) is 0 Å². The van der Waals surface area contributed by atoms with Crippen molar-refractivity contribution in [2.75, 3.05) is 0 Å². The standard InChI is InChI=1S/C9H14/c1-4-6-3-7(4)9-5(2)8(6)9/h4-9H,3H2,1-2H3. The molecule has 4 saturated carbocycles. The molecule has 4 aliphatic carbocycles. The minimum atomic E-state index is 1.12. The van der Waals surface area contributed by atoms with Crippen LogP contribution in [-0.2, 0) is 0 Å². The largest absolute Gasteiger partial charge is 0.0620 e. The fraction of sp³-hybridized carbons (Fsp3) is 1.00. The smallest absolute Gasteiger partial charge is 0.0321 e. The molecule has 50 valence electrons. The predicted molar refractivity (Wildman–Crippen MR) is 36.9 cm³/mol. The van der Waals surface area contributed by atoms with E-state index in [1.807, 2.05) is 0 Å². The average molecular weight is 122 g/mol. The van der Waals surface area contributed by atoms with Crippen molar-refractivity contribution in [2.24, 2.45) is 35.5 Å². The first-order chi connectivity index (χ1) is 4.30. The zero-order chi connectivity index (χ0) is 6.17. The molecule has 4 rings (SSSR count). The van der Waals surface area contributed by atoms with Crippen LogP contribution in [0.3, 0.4) is 0 Å². The van der Waals surface area contributed by atoms with Gasteiger partial charge in [-0.2, -0.15) is 0 Å². The number of hydrogen-bond donors (Lipinski definition) is 0. The molecule has 4 aliphatic rings. The Kier molecular flexibility index (Phi) is 0.574. The summed E-state index contributed by atoms with van der Waals surface area (Å²) in [5.74, 6) is 7.00. The van der Waals surface area contributed by atoms with Gasteiger partial charge >= 0.3 is 0 Å². The molecule has 0 saturated heterocycles. The Morgan fingerprint density at radius 3 is 1.78 bits per heavy atom. The summed E-state index contributed by atoms with van der Waals surface area (Å²) in [7, 11) is 0. The van der Waals surface area contributed by atoms with Crippen molar-refractivity contribution in [3.05, 3.63) is 0 Å². The molecule has 0 heteroatoms. The Morgan fingerprint density at radius 2 is 1.44 bits per heavy atom. The van der Waals surface area contributed by atoms with E-state index >= 15 is 0 Å². The Bertz CT molecular complexity index is 141. The van der Waals surface area contributed by atoms with Crippen molar-refractivity contribution in [1.82, 2.24) is 0 Å². The molecule has 0 aromatic heterocycles. The van der Waals surface area contributed by atoms with E-state index in [9.17, 15) is 0 Å². The molecule has 0 radical (unpaired) electrons. The summed E-state index contributed by atoms with van der Waals surface area (Å²) >= 11 is 0. The Balaban J connectivity index is 1.94. The van der Waals surface area contributed by atoms with Crippen molar-refractivity contribution in [3.63, 3.8) is 0 Å². The molecule has 4 fully saturated rings. The zero-order valence-corrected chi connectivity index (χ0v) is 6.17. The third-order valence-corrected chi connectivity index (χ3v) is 4.40. The average Bonchev–Trinajstić information content (AvgIpc) is 2.37. The number of rotatable bonds is 0. The molecule has 0 nitrogen and oxygen atoms in total. The lowest BCUT2D eigenvalue weighted by molar-refractivity contribution is 0.110. The maximum Gasteiger partial charge on any atom is -0.0321 e. The number of hydrogen-bond acceptors (Lipinski definition) is 0. The van der Waals surface area contributed by atoms with Crippen LogP contribution in [0, 0.1) is 35.5 Å². The van der Waals surface area contributed by atoms with Crippen molar-refractivity contribution < 1.29 is 0 Å². The molecule has 0 N–H and O–H groups in total. The lowest BCUT2D eigenvalue weighted by Crippen LogP contribution is -2.31. The quantitative estimate of drug-likeness (QED) is 0.462. The van der Waals surface area contributed by atoms with E-state index in [4.69, 9.17) is 0 Å². The SMILES string of the molecule is CC1C2CC1C1C(C)C21. The van der Waals surface area contributed by atoms with E-state index in [-0.39, 0.29) is 0 Å². The minimum Gasteiger partial charge on any atom is -0.0620 e. The van der Waals surface area contributed by atoms with E-state index in [1.54, 1.807) is 6.42 Å². The molecule has 4 unspecified atom stereocenters. The summed E-state index contributed by atoms with van der Waals surface area (Å²) in [6.07, 6.45) is 1.60. The van der Waals surface area contributed by atoms with Gasteiger partial charge in [-0.25, -0.2) is 0 Å². The highest BCUT2D eigenvalue weighted by Gasteiger charge is 2.69. The second kappa shape index (κ2) is 1.09. The summed E-state index contributed by atoms with van der Waals surface area (Å²) in [6, 6.07) is 0.